The lowest BCUT2D eigenvalue weighted by Crippen LogP contribution is -2.41. The monoisotopic (exact) mass is 264 g/mol. The first-order valence-electron chi connectivity index (χ1n) is 6.10. The van der Waals surface area contributed by atoms with Gasteiger partial charge in [0.05, 0.1) is 30.4 Å². The van der Waals surface area contributed by atoms with Crippen molar-refractivity contribution in [2.24, 2.45) is 0 Å². The molecule has 0 aromatic heterocycles. The van der Waals surface area contributed by atoms with Gasteiger partial charge in [0.15, 0.2) is 0 Å². The van der Waals surface area contributed by atoms with Crippen LogP contribution in [-0.2, 0) is 0 Å². The van der Waals surface area contributed by atoms with Crippen LogP contribution in [0.4, 0.5) is 0 Å². The molecule has 1 heterocycles. The van der Waals surface area contributed by atoms with Crippen LogP contribution in [0.25, 0.3) is 0 Å². The predicted molar refractivity (Wildman–Crippen MR) is 67.8 cm³/mol. The minimum atomic E-state index is -0.853. The van der Waals surface area contributed by atoms with Crippen molar-refractivity contribution >= 4 is 11.8 Å². The number of β-amino-alcohol motifs (C(OH)–C–C–N with tert-alkyl or cyclic N) is 1. The number of carbonyl (C=O) groups excluding carboxylic acids is 2. The standard InChI is InChI=1S/C13H16N2O4/c16-6-5-14-7-9(17)8-15-12(18)10-3-1-2-4-11(10)13(15)19/h1-4,9,14,16-17H,5-8H2. The van der Waals surface area contributed by atoms with Crippen LogP contribution < -0.4 is 5.32 Å². The van der Waals surface area contributed by atoms with E-state index >= 15 is 0 Å². The van der Waals surface area contributed by atoms with Crippen molar-refractivity contribution in [2.75, 3.05) is 26.2 Å². The summed E-state index contributed by atoms with van der Waals surface area (Å²) in [6.45, 7) is 0.498. The molecular formula is C13H16N2O4. The molecule has 2 amide bonds. The Hall–Kier alpha value is -1.76. The Kier molecular flexibility index (Phi) is 4.26. The number of hydrogen-bond donors (Lipinski definition) is 3. The van der Waals surface area contributed by atoms with Gasteiger partial charge in [-0.1, -0.05) is 12.1 Å². The number of imide groups is 1. The minimum absolute atomic E-state index is 0.0280. The molecule has 1 aliphatic heterocycles. The van der Waals surface area contributed by atoms with Crippen molar-refractivity contribution < 1.29 is 19.8 Å². The SMILES string of the molecule is O=C1c2ccccc2C(=O)N1CC(O)CNCCO. The molecule has 19 heavy (non-hydrogen) atoms. The van der Waals surface area contributed by atoms with E-state index in [0.717, 1.165) is 4.90 Å². The molecule has 102 valence electrons. The van der Waals surface area contributed by atoms with E-state index in [-0.39, 0.29) is 31.5 Å². The van der Waals surface area contributed by atoms with Gasteiger partial charge in [-0.05, 0) is 12.1 Å². The van der Waals surface area contributed by atoms with Gasteiger partial charge in [-0.25, -0.2) is 0 Å². The first-order chi connectivity index (χ1) is 9.15. The maximum absolute atomic E-state index is 12.0. The van der Waals surface area contributed by atoms with Crippen LogP contribution in [0.15, 0.2) is 24.3 Å². The number of fused-ring (bicyclic) bond motifs is 1. The van der Waals surface area contributed by atoms with Crippen molar-refractivity contribution in [3.63, 3.8) is 0 Å². The highest BCUT2D eigenvalue weighted by atomic mass is 16.3. The Morgan fingerprint density at radius 3 is 2.26 bits per heavy atom. The van der Waals surface area contributed by atoms with E-state index in [2.05, 4.69) is 5.32 Å². The first kappa shape index (κ1) is 13.7. The molecule has 1 atom stereocenters. The van der Waals surface area contributed by atoms with Crippen LogP contribution in [0.5, 0.6) is 0 Å². The first-order valence-corrected chi connectivity index (χ1v) is 6.10. The molecule has 0 spiro atoms. The third-order valence-electron chi connectivity index (χ3n) is 2.94. The van der Waals surface area contributed by atoms with Crippen LogP contribution in [0, 0.1) is 0 Å². The zero-order valence-corrected chi connectivity index (χ0v) is 10.4. The van der Waals surface area contributed by atoms with Crippen molar-refractivity contribution in [3.8, 4) is 0 Å². The Morgan fingerprint density at radius 2 is 1.74 bits per heavy atom. The van der Waals surface area contributed by atoms with E-state index in [0.29, 0.717) is 17.7 Å². The summed E-state index contributed by atoms with van der Waals surface area (Å²) < 4.78 is 0. The molecule has 1 aromatic rings. The molecular weight excluding hydrogens is 248 g/mol. The zero-order chi connectivity index (χ0) is 13.8. The molecule has 0 saturated carbocycles. The molecule has 1 aliphatic rings. The van der Waals surface area contributed by atoms with Gasteiger partial charge in [-0.3, -0.25) is 14.5 Å². The van der Waals surface area contributed by atoms with E-state index in [1.807, 2.05) is 0 Å². The van der Waals surface area contributed by atoms with Crippen molar-refractivity contribution in [1.82, 2.24) is 10.2 Å². The number of hydrogen-bond acceptors (Lipinski definition) is 5. The minimum Gasteiger partial charge on any atom is -0.395 e. The molecule has 0 fully saturated rings. The van der Waals surface area contributed by atoms with Gasteiger partial charge in [0, 0.05) is 13.1 Å². The number of carbonyl (C=O) groups is 2. The molecule has 0 bridgehead atoms. The van der Waals surface area contributed by atoms with E-state index in [1.54, 1.807) is 24.3 Å². The number of aliphatic hydroxyl groups is 2. The van der Waals surface area contributed by atoms with Gasteiger partial charge in [-0.15, -0.1) is 0 Å². The number of nitrogens with one attached hydrogen (secondary N) is 1. The van der Waals surface area contributed by atoms with Crippen molar-refractivity contribution in [3.05, 3.63) is 35.4 Å². The van der Waals surface area contributed by atoms with E-state index in [4.69, 9.17) is 5.11 Å². The van der Waals surface area contributed by atoms with Crippen LogP contribution in [0.3, 0.4) is 0 Å². The molecule has 6 nitrogen and oxygen atoms in total. The molecule has 1 aromatic carbocycles. The number of amides is 2. The average molecular weight is 264 g/mol. The fourth-order valence-electron chi connectivity index (χ4n) is 2.03. The third-order valence-corrected chi connectivity index (χ3v) is 2.94. The molecule has 0 radical (unpaired) electrons. The number of nitrogens with zero attached hydrogens (tertiary/aromatic N) is 1. The van der Waals surface area contributed by atoms with E-state index < -0.39 is 6.10 Å². The molecule has 1 unspecified atom stereocenters. The van der Waals surface area contributed by atoms with Crippen LogP contribution >= 0.6 is 0 Å². The molecule has 6 heteroatoms. The number of aliphatic hydroxyl groups excluding tert-OH is 2. The third kappa shape index (κ3) is 2.81. The van der Waals surface area contributed by atoms with Gasteiger partial charge in [0.1, 0.15) is 0 Å². The largest absolute Gasteiger partial charge is 0.395 e. The predicted octanol–water partition coefficient (Wildman–Crippen LogP) is -0.775. The van der Waals surface area contributed by atoms with Gasteiger partial charge in [-0.2, -0.15) is 0 Å². The Labute approximate surface area is 110 Å². The van der Waals surface area contributed by atoms with Crippen LogP contribution in [0.1, 0.15) is 20.7 Å². The second-order valence-electron chi connectivity index (χ2n) is 4.35. The topological polar surface area (TPSA) is 89.9 Å². The summed E-state index contributed by atoms with van der Waals surface area (Å²) in [6, 6.07) is 6.61. The lowest BCUT2D eigenvalue weighted by molar-refractivity contribution is 0.0542. The second-order valence-corrected chi connectivity index (χ2v) is 4.35. The average Bonchev–Trinajstić information content (AvgIpc) is 2.65. The normalized spacial score (nSPS) is 15.8. The second kappa shape index (κ2) is 5.92. The van der Waals surface area contributed by atoms with Gasteiger partial charge >= 0.3 is 0 Å². The van der Waals surface area contributed by atoms with Crippen molar-refractivity contribution in [1.29, 1.82) is 0 Å². The number of rotatable bonds is 6. The van der Waals surface area contributed by atoms with Crippen LogP contribution in [-0.4, -0.2) is 59.3 Å². The highest BCUT2D eigenvalue weighted by Crippen LogP contribution is 2.22. The summed E-state index contributed by atoms with van der Waals surface area (Å²) in [5.41, 5.74) is 0.756. The smallest absolute Gasteiger partial charge is 0.261 e. The lowest BCUT2D eigenvalue weighted by Gasteiger charge is -2.18. The highest BCUT2D eigenvalue weighted by molar-refractivity contribution is 6.21. The summed E-state index contributed by atoms with van der Waals surface area (Å²) in [5, 5.41) is 21.2. The van der Waals surface area contributed by atoms with Gasteiger partial charge in [0.25, 0.3) is 11.8 Å². The maximum atomic E-state index is 12.0. The Balaban J connectivity index is 2.00. The molecule has 3 N–H and O–H groups in total. The molecule has 0 saturated heterocycles. The van der Waals surface area contributed by atoms with Crippen molar-refractivity contribution in [2.45, 2.75) is 6.10 Å². The summed E-state index contributed by atoms with van der Waals surface area (Å²) >= 11 is 0. The summed E-state index contributed by atoms with van der Waals surface area (Å²) in [6.07, 6.45) is -0.853. The zero-order valence-electron chi connectivity index (χ0n) is 10.4. The fraction of sp³-hybridized carbons (Fsp3) is 0.385. The van der Waals surface area contributed by atoms with Gasteiger partial charge in [0.2, 0.25) is 0 Å². The van der Waals surface area contributed by atoms with E-state index in [9.17, 15) is 14.7 Å². The Morgan fingerprint density at radius 1 is 1.16 bits per heavy atom. The highest BCUT2D eigenvalue weighted by Gasteiger charge is 2.35. The Bertz CT molecular complexity index is 454. The maximum Gasteiger partial charge on any atom is 0.261 e. The molecule has 2 rings (SSSR count). The summed E-state index contributed by atoms with van der Waals surface area (Å²) in [4.78, 5) is 25.1. The fourth-order valence-corrected chi connectivity index (χ4v) is 2.03. The summed E-state index contributed by atoms with van der Waals surface area (Å²) in [7, 11) is 0. The lowest BCUT2D eigenvalue weighted by atomic mass is 10.1. The molecule has 0 aliphatic carbocycles. The number of benzene rings is 1. The summed E-state index contributed by atoms with van der Waals surface area (Å²) in [5.74, 6) is -0.747. The van der Waals surface area contributed by atoms with E-state index in [1.165, 1.54) is 0 Å². The quantitative estimate of drug-likeness (QED) is 0.463. The van der Waals surface area contributed by atoms with Gasteiger partial charge < -0.3 is 15.5 Å². The van der Waals surface area contributed by atoms with Crippen LogP contribution in [0.2, 0.25) is 0 Å².